The van der Waals surface area contributed by atoms with Crippen molar-refractivity contribution in [3.8, 4) is 0 Å². The summed E-state index contributed by atoms with van der Waals surface area (Å²) in [5.74, 6) is 0. The predicted octanol–water partition coefficient (Wildman–Crippen LogP) is 11.9. The first-order chi connectivity index (χ1) is 19.7. The van der Waals surface area contributed by atoms with E-state index in [-0.39, 0.29) is 0 Å². The quantitative estimate of drug-likeness (QED) is 0.0916. The van der Waals surface area contributed by atoms with Gasteiger partial charge >= 0.3 is 0 Å². The van der Waals surface area contributed by atoms with Crippen LogP contribution in [0.2, 0.25) is 0 Å². The Bertz CT molecular complexity index is 977. The number of hydrogen-bond donors (Lipinski definition) is 0. The van der Waals surface area contributed by atoms with E-state index in [2.05, 4.69) is 86.0 Å². The fourth-order valence-electron chi connectivity index (χ4n) is 6.27. The number of unbranched alkanes of at least 4 members (excludes halogenated alkanes) is 12. The van der Waals surface area contributed by atoms with Crippen molar-refractivity contribution in [1.82, 2.24) is 0 Å². The summed E-state index contributed by atoms with van der Waals surface area (Å²) in [6, 6.07) is 18.8. The Morgan fingerprint density at radius 3 is 1.00 bits per heavy atom. The lowest BCUT2D eigenvalue weighted by molar-refractivity contribution is 0.609. The summed E-state index contributed by atoms with van der Waals surface area (Å²) in [4.78, 5) is 5.49. The zero-order chi connectivity index (χ0) is 28.4. The van der Waals surface area contributed by atoms with Gasteiger partial charge in [-0.15, -0.1) is 0 Å². The third-order valence-corrected chi connectivity index (χ3v) is 8.65. The van der Waals surface area contributed by atoms with E-state index in [1.807, 2.05) is 0 Å². The van der Waals surface area contributed by atoms with Crippen LogP contribution < -0.4 is 9.80 Å². The third kappa shape index (κ3) is 9.71. The minimum atomic E-state index is 1.17. The SMILES string of the molecule is CCCCCCN(CCCCCC)c1cccc2ccc3cccc(N(CCCCCC)CCCCCC)c3c12. The summed E-state index contributed by atoms with van der Waals surface area (Å²) in [7, 11) is 0. The molecular weight excluding hydrogens is 484 g/mol. The summed E-state index contributed by atoms with van der Waals surface area (Å²) in [6.07, 6.45) is 21.1. The molecule has 0 bridgehead atoms. The zero-order valence-corrected chi connectivity index (χ0v) is 26.7. The lowest BCUT2D eigenvalue weighted by atomic mass is 9.97. The molecule has 0 saturated heterocycles. The minimum absolute atomic E-state index is 1.17. The molecule has 0 radical (unpaired) electrons. The van der Waals surface area contributed by atoms with Gasteiger partial charge in [-0.3, -0.25) is 0 Å². The van der Waals surface area contributed by atoms with Crippen LogP contribution in [0.5, 0.6) is 0 Å². The topological polar surface area (TPSA) is 6.48 Å². The molecule has 0 unspecified atom stereocenters. The Hall–Kier alpha value is -2.22. The van der Waals surface area contributed by atoms with Crippen LogP contribution in [0.15, 0.2) is 48.5 Å². The van der Waals surface area contributed by atoms with Crippen molar-refractivity contribution in [3.05, 3.63) is 48.5 Å². The van der Waals surface area contributed by atoms with Crippen LogP contribution in [0.25, 0.3) is 21.5 Å². The number of anilines is 2. The van der Waals surface area contributed by atoms with Crippen molar-refractivity contribution in [1.29, 1.82) is 0 Å². The number of hydrogen-bond acceptors (Lipinski definition) is 2. The van der Waals surface area contributed by atoms with Crippen molar-refractivity contribution in [3.63, 3.8) is 0 Å². The molecule has 0 fully saturated rings. The molecule has 0 atom stereocenters. The molecule has 3 rings (SSSR count). The van der Waals surface area contributed by atoms with Crippen LogP contribution in [-0.4, -0.2) is 26.2 Å². The molecule has 2 nitrogen and oxygen atoms in total. The van der Waals surface area contributed by atoms with Crippen LogP contribution >= 0.6 is 0 Å². The first-order valence-electron chi connectivity index (χ1n) is 17.2. The molecule has 0 aromatic heterocycles. The highest BCUT2D eigenvalue weighted by Crippen LogP contribution is 2.39. The van der Waals surface area contributed by atoms with E-state index >= 15 is 0 Å². The van der Waals surface area contributed by atoms with E-state index in [9.17, 15) is 0 Å². The standard InChI is InChI=1S/C38H60N2/c1-5-9-13-17-29-39(30-18-14-10-6-2)35-25-21-23-33-27-28-34-24-22-26-36(38(34)37(33)35)40(31-19-15-11-7-3)32-20-16-12-8-4/h21-28H,5-20,29-32H2,1-4H3. The second-order valence-electron chi connectivity index (χ2n) is 12.0. The van der Waals surface area contributed by atoms with Gasteiger partial charge < -0.3 is 9.80 Å². The van der Waals surface area contributed by atoms with Gasteiger partial charge in [0.05, 0.1) is 0 Å². The molecule has 2 heteroatoms. The van der Waals surface area contributed by atoms with Gasteiger partial charge in [0, 0.05) is 48.3 Å². The Morgan fingerprint density at radius 2 is 0.700 bits per heavy atom. The van der Waals surface area contributed by atoms with E-state index in [0.717, 1.165) is 0 Å². The van der Waals surface area contributed by atoms with Gasteiger partial charge in [0.2, 0.25) is 0 Å². The van der Waals surface area contributed by atoms with Crippen molar-refractivity contribution in [2.24, 2.45) is 0 Å². The van der Waals surface area contributed by atoms with Crippen molar-refractivity contribution in [2.75, 3.05) is 36.0 Å². The molecule has 3 aromatic carbocycles. The van der Waals surface area contributed by atoms with Crippen LogP contribution in [0.3, 0.4) is 0 Å². The monoisotopic (exact) mass is 544 g/mol. The minimum Gasteiger partial charge on any atom is -0.371 e. The number of benzene rings is 3. The van der Waals surface area contributed by atoms with Crippen LogP contribution in [0.1, 0.15) is 130 Å². The lowest BCUT2D eigenvalue weighted by Gasteiger charge is -2.30. The maximum absolute atomic E-state index is 2.75. The number of fused-ring (bicyclic) bond motifs is 3. The molecule has 0 aliphatic carbocycles. The Balaban J connectivity index is 2.06. The van der Waals surface area contributed by atoms with E-state index < -0.39 is 0 Å². The zero-order valence-electron chi connectivity index (χ0n) is 26.7. The molecule has 40 heavy (non-hydrogen) atoms. The fraction of sp³-hybridized carbons (Fsp3) is 0.632. The first-order valence-corrected chi connectivity index (χ1v) is 17.2. The fourth-order valence-corrected chi connectivity index (χ4v) is 6.27. The van der Waals surface area contributed by atoms with Crippen molar-refractivity contribution in [2.45, 2.75) is 130 Å². The largest absolute Gasteiger partial charge is 0.371 e. The average Bonchev–Trinajstić information content (AvgIpc) is 2.99. The van der Waals surface area contributed by atoms with Gasteiger partial charge in [-0.1, -0.05) is 141 Å². The lowest BCUT2D eigenvalue weighted by Crippen LogP contribution is -2.27. The second-order valence-corrected chi connectivity index (χ2v) is 12.0. The van der Waals surface area contributed by atoms with Gasteiger partial charge in [0.25, 0.3) is 0 Å². The van der Waals surface area contributed by atoms with E-state index in [0.29, 0.717) is 0 Å². The molecular formula is C38H60N2. The van der Waals surface area contributed by atoms with Gasteiger partial charge in [0.1, 0.15) is 0 Å². The normalized spacial score (nSPS) is 11.5. The van der Waals surface area contributed by atoms with E-state index in [4.69, 9.17) is 0 Å². The summed E-state index contributed by atoms with van der Waals surface area (Å²) in [5, 5.41) is 5.74. The Labute approximate surface area is 247 Å². The summed E-state index contributed by atoms with van der Waals surface area (Å²) in [5.41, 5.74) is 2.92. The maximum atomic E-state index is 2.75. The number of nitrogens with zero attached hydrogens (tertiary/aromatic N) is 2. The van der Waals surface area contributed by atoms with E-state index in [1.54, 1.807) is 0 Å². The highest BCUT2D eigenvalue weighted by atomic mass is 15.1. The van der Waals surface area contributed by atoms with E-state index in [1.165, 1.54) is 162 Å². The molecule has 0 saturated carbocycles. The van der Waals surface area contributed by atoms with Crippen LogP contribution in [0, 0.1) is 0 Å². The first kappa shape index (κ1) is 32.3. The molecule has 222 valence electrons. The van der Waals surface area contributed by atoms with Gasteiger partial charge in [-0.25, -0.2) is 0 Å². The highest BCUT2D eigenvalue weighted by molar-refractivity contribution is 6.18. The smallest absolute Gasteiger partial charge is 0.0452 e. The van der Waals surface area contributed by atoms with Gasteiger partial charge in [-0.05, 0) is 48.6 Å². The summed E-state index contributed by atoms with van der Waals surface area (Å²) in [6.45, 7) is 13.9. The van der Waals surface area contributed by atoms with Crippen molar-refractivity contribution < 1.29 is 0 Å². The Morgan fingerprint density at radius 1 is 0.375 bits per heavy atom. The highest BCUT2D eigenvalue weighted by Gasteiger charge is 2.17. The number of rotatable bonds is 22. The molecule has 0 heterocycles. The third-order valence-electron chi connectivity index (χ3n) is 8.65. The molecule has 0 N–H and O–H groups in total. The molecule has 3 aromatic rings. The maximum Gasteiger partial charge on any atom is 0.0452 e. The summed E-state index contributed by atoms with van der Waals surface area (Å²) >= 11 is 0. The summed E-state index contributed by atoms with van der Waals surface area (Å²) < 4.78 is 0. The average molecular weight is 545 g/mol. The molecule has 0 aliphatic rings. The predicted molar refractivity (Wildman–Crippen MR) is 182 cm³/mol. The Kier molecular flexibility index (Phi) is 15.3. The molecule has 0 aliphatic heterocycles. The van der Waals surface area contributed by atoms with Crippen LogP contribution in [-0.2, 0) is 0 Å². The van der Waals surface area contributed by atoms with Gasteiger partial charge in [-0.2, -0.15) is 0 Å². The molecule has 0 amide bonds. The van der Waals surface area contributed by atoms with Gasteiger partial charge in [0.15, 0.2) is 0 Å². The molecule has 0 spiro atoms. The van der Waals surface area contributed by atoms with Crippen LogP contribution in [0.4, 0.5) is 11.4 Å². The van der Waals surface area contributed by atoms with Crippen molar-refractivity contribution >= 4 is 32.9 Å². The second kappa shape index (κ2) is 19.0.